The number of nitrogens with one attached hydrogen (secondary N) is 3. The van der Waals surface area contributed by atoms with Crippen LogP contribution in [0.2, 0.25) is 0 Å². The van der Waals surface area contributed by atoms with E-state index >= 15 is 0 Å². The van der Waals surface area contributed by atoms with Crippen LogP contribution in [0.4, 0.5) is 25.1 Å². The van der Waals surface area contributed by atoms with Crippen molar-refractivity contribution in [2.24, 2.45) is 0 Å². The smallest absolute Gasteiger partial charge is 0.320 e. The Morgan fingerprint density at radius 2 is 1.91 bits per heavy atom. The number of nitrogens with zero attached hydrogens (tertiary/aromatic N) is 2. The Kier molecular flexibility index (Phi) is 5.33. The minimum Gasteiger partial charge on any atom is -0.454 e. The molecule has 1 aliphatic heterocycles. The summed E-state index contributed by atoms with van der Waals surface area (Å²) in [6, 6.07) is 8.77. The van der Waals surface area contributed by atoms with E-state index in [0.29, 0.717) is 5.56 Å². The summed E-state index contributed by atoms with van der Waals surface area (Å²) in [5.41, 5.74) is -0.0292. The molecule has 0 saturated carbocycles. The highest BCUT2D eigenvalue weighted by molar-refractivity contribution is 7.92. The highest BCUT2D eigenvalue weighted by Gasteiger charge is 2.21. The number of sulfonamides is 1. The van der Waals surface area contributed by atoms with Crippen LogP contribution in [0.3, 0.4) is 0 Å². The van der Waals surface area contributed by atoms with Crippen molar-refractivity contribution in [2.45, 2.75) is 11.4 Å². The number of hydrogen-bond acceptors (Lipinski definition) is 6. The summed E-state index contributed by atoms with van der Waals surface area (Å²) in [4.78, 5) is 15.1. The predicted molar refractivity (Wildman–Crippen MR) is 108 cm³/mol. The van der Waals surface area contributed by atoms with Gasteiger partial charge in [-0.2, -0.15) is 5.26 Å². The van der Waals surface area contributed by atoms with E-state index in [2.05, 4.69) is 20.3 Å². The number of carbonyl (C=O) groups is 1. The van der Waals surface area contributed by atoms with E-state index in [0.717, 1.165) is 24.3 Å². The zero-order valence-corrected chi connectivity index (χ0v) is 16.8. The molecule has 3 N–H and O–H groups in total. The number of fused-ring (bicyclic) bond motifs is 1. The van der Waals surface area contributed by atoms with Gasteiger partial charge >= 0.3 is 6.03 Å². The standard InChI is InChI=1S/C20H13F2N5O4S/c21-15-3-2-13(7-11(15)9-23)32(29,30)27-12-1-4-18(16(22)8-12)31-17-5-6-24-19-14(17)10-25-20(28)26-19/h1-8,27H,10H2,(H2,24,25,26,28). The van der Waals surface area contributed by atoms with E-state index in [1.54, 1.807) is 6.07 Å². The third-order valence-corrected chi connectivity index (χ3v) is 5.82. The van der Waals surface area contributed by atoms with Gasteiger partial charge in [0.25, 0.3) is 10.0 Å². The third kappa shape index (κ3) is 4.14. The maximum Gasteiger partial charge on any atom is 0.320 e. The lowest BCUT2D eigenvalue weighted by Gasteiger charge is -2.20. The van der Waals surface area contributed by atoms with Crippen molar-refractivity contribution in [1.29, 1.82) is 5.26 Å². The van der Waals surface area contributed by atoms with Gasteiger partial charge in [-0.1, -0.05) is 0 Å². The van der Waals surface area contributed by atoms with Crippen molar-refractivity contribution in [3.05, 3.63) is 71.4 Å². The molecule has 1 aliphatic rings. The molecule has 3 aromatic rings. The molecule has 2 amide bonds. The van der Waals surface area contributed by atoms with Crippen LogP contribution in [-0.2, 0) is 16.6 Å². The molecule has 0 aliphatic carbocycles. The van der Waals surface area contributed by atoms with Crippen LogP contribution in [-0.4, -0.2) is 19.4 Å². The molecule has 12 heteroatoms. The van der Waals surface area contributed by atoms with Gasteiger partial charge in [-0.3, -0.25) is 10.0 Å². The SMILES string of the molecule is N#Cc1cc(S(=O)(=O)Nc2ccc(Oc3ccnc4c3CNC(=O)N4)c(F)c2)ccc1F. The van der Waals surface area contributed by atoms with Gasteiger partial charge in [0, 0.05) is 12.3 Å². The number of halogens is 2. The van der Waals surface area contributed by atoms with E-state index in [1.165, 1.54) is 24.4 Å². The van der Waals surface area contributed by atoms with Crippen LogP contribution >= 0.6 is 0 Å². The maximum absolute atomic E-state index is 14.6. The normalized spacial score (nSPS) is 12.7. The Morgan fingerprint density at radius 1 is 1.09 bits per heavy atom. The molecule has 0 unspecified atom stereocenters. The van der Waals surface area contributed by atoms with Gasteiger partial charge in [0.05, 0.1) is 28.3 Å². The van der Waals surface area contributed by atoms with Gasteiger partial charge in [-0.25, -0.2) is 27.0 Å². The lowest BCUT2D eigenvalue weighted by Crippen LogP contribution is -2.34. The van der Waals surface area contributed by atoms with Crippen LogP contribution in [0.25, 0.3) is 0 Å². The van der Waals surface area contributed by atoms with Gasteiger partial charge in [0.2, 0.25) is 0 Å². The number of nitriles is 1. The van der Waals surface area contributed by atoms with Gasteiger partial charge in [-0.15, -0.1) is 0 Å². The molecule has 4 rings (SSSR count). The van der Waals surface area contributed by atoms with Crippen molar-refractivity contribution in [1.82, 2.24) is 10.3 Å². The number of anilines is 2. The number of amides is 2. The predicted octanol–water partition coefficient (Wildman–Crippen LogP) is 3.46. The average Bonchev–Trinajstić information content (AvgIpc) is 2.75. The number of hydrogen-bond donors (Lipinski definition) is 3. The van der Waals surface area contributed by atoms with Gasteiger partial charge in [-0.05, 0) is 36.4 Å². The molecule has 0 spiro atoms. The van der Waals surface area contributed by atoms with E-state index in [9.17, 15) is 22.0 Å². The molecule has 162 valence electrons. The molecular formula is C20H13F2N5O4S. The number of benzene rings is 2. The lowest BCUT2D eigenvalue weighted by atomic mass is 10.2. The first-order valence-corrected chi connectivity index (χ1v) is 10.5. The fourth-order valence-electron chi connectivity index (χ4n) is 2.91. The molecule has 0 bridgehead atoms. The van der Waals surface area contributed by atoms with Gasteiger partial charge in [0.15, 0.2) is 11.6 Å². The maximum atomic E-state index is 14.6. The first kappa shape index (κ1) is 21.0. The van der Waals surface area contributed by atoms with Crippen LogP contribution in [0, 0.1) is 23.0 Å². The largest absolute Gasteiger partial charge is 0.454 e. The zero-order chi connectivity index (χ0) is 22.9. The summed E-state index contributed by atoms with van der Waals surface area (Å²) in [5, 5.41) is 13.9. The molecule has 0 fully saturated rings. The summed E-state index contributed by atoms with van der Waals surface area (Å²) in [5.74, 6) is -1.36. The Hall–Kier alpha value is -4.24. The first-order chi connectivity index (χ1) is 15.3. The Morgan fingerprint density at radius 3 is 2.66 bits per heavy atom. The van der Waals surface area contributed by atoms with Crippen molar-refractivity contribution < 1.29 is 26.7 Å². The van der Waals surface area contributed by atoms with E-state index in [4.69, 9.17) is 10.00 Å². The summed E-state index contributed by atoms with van der Waals surface area (Å²) in [6.07, 6.45) is 1.39. The molecule has 1 aromatic heterocycles. The number of rotatable bonds is 5. The summed E-state index contributed by atoms with van der Waals surface area (Å²) >= 11 is 0. The fraction of sp³-hybridized carbons (Fsp3) is 0.0500. The zero-order valence-electron chi connectivity index (χ0n) is 16.0. The summed E-state index contributed by atoms with van der Waals surface area (Å²) in [7, 11) is -4.20. The molecule has 2 heterocycles. The fourth-order valence-corrected chi connectivity index (χ4v) is 3.98. The molecule has 2 aromatic carbocycles. The van der Waals surface area contributed by atoms with Crippen LogP contribution in [0.1, 0.15) is 11.1 Å². The summed E-state index contributed by atoms with van der Waals surface area (Å²) < 4.78 is 60.9. The van der Waals surface area contributed by atoms with Gasteiger partial charge in [0.1, 0.15) is 23.5 Å². The second-order valence-corrected chi connectivity index (χ2v) is 8.23. The second-order valence-electron chi connectivity index (χ2n) is 6.55. The quantitative estimate of drug-likeness (QED) is 0.537. The van der Waals surface area contributed by atoms with Crippen molar-refractivity contribution >= 4 is 27.6 Å². The highest BCUT2D eigenvalue weighted by Crippen LogP contribution is 2.33. The molecule has 0 saturated heterocycles. The van der Waals surface area contributed by atoms with Crippen molar-refractivity contribution in [2.75, 3.05) is 10.0 Å². The third-order valence-electron chi connectivity index (χ3n) is 4.44. The molecule has 32 heavy (non-hydrogen) atoms. The van der Waals surface area contributed by atoms with Gasteiger partial charge < -0.3 is 10.1 Å². The Bertz CT molecular complexity index is 1390. The van der Waals surface area contributed by atoms with Crippen LogP contribution < -0.4 is 20.1 Å². The lowest BCUT2D eigenvalue weighted by molar-refractivity contribution is 0.250. The van der Waals surface area contributed by atoms with E-state index in [-0.39, 0.29) is 34.4 Å². The topological polar surface area (TPSA) is 133 Å². The average molecular weight is 457 g/mol. The minimum absolute atomic E-state index is 0.108. The monoisotopic (exact) mass is 457 g/mol. The van der Waals surface area contributed by atoms with Crippen LogP contribution in [0.5, 0.6) is 11.5 Å². The van der Waals surface area contributed by atoms with Crippen molar-refractivity contribution in [3.8, 4) is 17.6 Å². The number of carbonyl (C=O) groups excluding carboxylic acids is 1. The number of aromatic nitrogens is 1. The highest BCUT2D eigenvalue weighted by atomic mass is 32.2. The molecular weight excluding hydrogens is 444 g/mol. The molecule has 0 atom stereocenters. The molecule has 9 nitrogen and oxygen atoms in total. The van der Waals surface area contributed by atoms with Crippen LogP contribution in [0.15, 0.2) is 53.6 Å². The number of ether oxygens (including phenoxy) is 1. The van der Waals surface area contributed by atoms with E-state index in [1.807, 2.05) is 0 Å². The Balaban J connectivity index is 1.56. The second kappa shape index (κ2) is 8.12. The molecule has 0 radical (unpaired) electrons. The number of urea groups is 1. The summed E-state index contributed by atoms with van der Waals surface area (Å²) in [6.45, 7) is 0.131. The first-order valence-electron chi connectivity index (χ1n) is 8.99. The van der Waals surface area contributed by atoms with Crippen molar-refractivity contribution in [3.63, 3.8) is 0 Å². The number of pyridine rings is 1. The minimum atomic E-state index is -4.20. The van der Waals surface area contributed by atoms with E-state index < -0.39 is 33.3 Å². The Labute approximate surface area is 180 Å².